The second kappa shape index (κ2) is 6.00. The Labute approximate surface area is 132 Å². The lowest BCUT2D eigenvalue weighted by molar-refractivity contribution is 0.102. The Balaban J connectivity index is 1.98. The summed E-state index contributed by atoms with van der Waals surface area (Å²) in [4.78, 5) is 32.8. The van der Waals surface area contributed by atoms with Crippen molar-refractivity contribution in [3.63, 3.8) is 0 Å². The van der Waals surface area contributed by atoms with Gasteiger partial charge in [-0.05, 0) is 44.2 Å². The first kappa shape index (κ1) is 14.9. The molecule has 0 atom stereocenters. The van der Waals surface area contributed by atoms with Gasteiger partial charge >= 0.3 is 0 Å². The van der Waals surface area contributed by atoms with E-state index in [4.69, 9.17) is 0 Å². The zero-order valence-corrected chi connectivity index (χ0v) is 12.9. The van der Waals surface area contributed by atoms with Gasteiger partial charge in [0.25, 0.3) is 11.5 Å². The summed E-state index contributed by atoms with van der Waals surface area (Å²) in [7, 11) is 0. The lowest BCUT2D eigenvalue weighted by Gasteiger charge is -2.11. The monoisotopic (exact) mass is 308 g/mol. The van der Waals surface area contributed by atoms with Gasteiger partial charge in [0.15, 0.2) is 0 Å². The third-order valence-electron chi connectivity index (χ3n) is 3.52. The highest BCUT2D eigenvalue weighted by Gasteiger charge is 2.10. The van der Waals surface area contributed by atoms with Crippen LogP contribution in [0.2, 0.25) is 0 Å². The number of carbonyl (C=O) groups excluding carboxylic acids is 1. The maximum atomic E-state index is 12.5. The number of anilines is 1. The third-order valence-corrected chi connectivity index (χ3v) is 3.52. The zero-order chi connectivity index (χ0) is 16.4. The van der Waals surface area contributed by atoms with Crippen molar-refractivity contribution in [3.8, 4) is 0 Å². The Morgan fingerprint density at radius 1 is 1.26 bits per heavy atom. The van der Waals surface area contributed by atoms with Crippen LogP contribution < -0.4 is 10.9 Å². The summed E-state index contributed by atoms with van der Waals surface area (Å²) in [5.41, 5.74) is 1.49. The predicted molar refractivity (Wildman–Crippen MR) is 88.6 cm³/mol. The van der Waals surface area contributed by atoms with Gasteiger partial charge in [-0.2, -0.15) is 0 Å². The van der Waals surface area contributed by atoms with Crippen molar-refractivity contribution in [1.82, 2.24) is 14.5 Å². The van der Waals surface area contributed by atoms with Crippen LogP contribution in [0, 0.1) is 0 Å². The molecule has 0 unspecified atom stereocenters. The van der Waals surface area contributed by atoms with Gasteiger partial charge in [0, 0.05) is 24.1 Å². The minimum absolute atomic E-state index is 0.0213. The molecule has 1 aromatic carbocycles. The fraction of sp³-hybridized carbons (Fsp3) is 0.176. The molecular weight excluding hydrogens is 292 g/mol. The predicted octanol–water partition coefficient (Wildman–Crippen LogP) is 2.62. The molecule has 0 aliphatic rings. The average Bonchev–Trinajstić information content (AvgIpc) is 2.56. The van der Waals surface area contributed by atoms with E-state index in [9.17, 15) is 9.59 Å². The topological polar surface area (TPSA) is 76.9 Å². The van der Waals surface area contributed by atoms with Gasteiger partial charge in [-0.1, -0.05) is 0 Å². The number of rotatable bonds is 3. The van der Waals surface area contributed by atoms with Crippen molar-refractivity contribution in [2.45, 2.75) is 19.9 Å². The van der Waals surface area contributed by atoms with E-state index in [1.165, 1.54) is 6.20 Å². The SMILES string of the molecule is CC(C)n1cnc2ccc(NC(=O)c3cccnc3)cc2c1=O. The number of amides is 1. The molecule has 1 N–H and O–H groups in total. The van der Waals surface area contributed by atoms with Crippen LogP contribution in [0.3, 0.4) is 0 Å². The standard InChI is InChI=1S/C17H16N4O2/c1-11(2)21-10-19-15-6-5-13(8-14(15)17(21)23)20-16(22)12-4-3-7-18-9-12/h3-11H,1-2H3,(H,20,22). The fourth-order valence-corrected chi connectivity index (χ4v) is 2.28. The average molecular weight is 308 g/mol. The van der Waals surface area contributed by atoms with E-state index in [1.54, 1.807) is 47.4 Å². The van der Waals surface area contributed by atoms with Gasteiger partial charge in [0.05, 0.1) is 22.8 Å². The Hall–Kier alpha value is -3.02. The largest absolute Gasteiger partial charge is 0.322 e. The Bertz CT molecular complexity index is 917. The lowest BCUT2D eigenvalue weighted by Crippen LogP contribution is -2.22. The summed E-state index contributed by atoms with van der Waals surface area (Å²) < 4.78 is 1.56. The smallest absolute Gasteiger partial charge is 0.261 e. The number of aromatic nitrogens is 3. The Morgan fingerprint density at radius 2 is 2.09 bits per heavy atom. The van der Waals surface area contributed by atoms with Gasteiger partial charge in [-0.3, -0.25) is 19.1 Å². The van der Waals surface area contributed by atoms with Gasteiger partial charge < -0.3 is 5.32 Å². The number of nitrogens with one attached hydrogen (secondary N) is 1. The summed E-state index contributed by atoms with van der Waals surface area (Å²) in [6.07, 6.45) is 4.64. The van der Waals surface area contributed by atoms with E-state index in [1.807, 2.05) is 13.8 Å². The molecule has 0 aliphatic carbocycles. The second-order valence-corrected chi connectivity index (χ2v) is 5.48. The Kier molecular flexibility index (Phi) is 3.89. The number of benzene rings is 1. The highest BCUT2D eigenvalue weighted by Crippen LogP contribution is 2.16. The first-order chi connectivity index (χ1) is 11.1. The second-order valence-electron chi connectivity index (χ2n) is 5.48. The van der Waals surface area contributed by atoms with E-state index >= 15 is 0 Å². The number of fused-ring (bicyclic) bond motifs is 1. The van der Waals surface area contributed by atoms with Crippen molar-refractivity contribution < 1.29 is 4.79 Å². The molecular formula is C17H16N4O2. The van der Waals surface area contributed by atoms with E-state index in [2.05, 4.69) is 15.3 Å². The van der Waals surface area contributed by atoms with Crippen LogP contribution in [0.5, 0.6) is 0 Å². The normalized spacial score (nSPS) is 10.9. The molecule has 0 fully saturated rings. The number of hydrogen-bond donors (Lipinski definition) is 1. The van der Waals surface area contributed by atoms with Gasteiger partial charge in [-0.15, -0.1) is 0 Å². The molecule has 2 aromatic heterocycles. The number of carbonyl (C=O) groups is 1. The molecule has 6 heteroatoms. The maximum absolute atomic E-state index is 12.5. The van der Waals surface area contributed by atoms with Crippen LogP contribution >= 0.6 is 0 Å². The lowest BCUT2D eigenvalue weighted by atomic mass is 10.2. The molecule has 6 nitrogen and oxygen atoms in total. The molecule has 23 heavy (non-hydrogen) atoms. The molecule has 0 saturated heterocycles. The van der Waals surface area contributed by atoms with Gasteiger partial charge in [-0.25, -0.2) is 4.98 Å². The summed E-state index contributed by atoms with van der Waals surface area (Å²) in [5, 5.41) is 3.25. The van der Waals surface area contributed by atoms with Crippen molar-refractivity contribution in [1.29, 1.82) is 0 Å². The highest BCUT2D eigenvalue weighted by molar-refractivity contribution is 6.04. The summed E-state index contributed by atoms with van der Waals surface area (Å²) in [6, 6.07) is 8.49. The van der Waals surface area contributed by atoms with Crippen molar-refractivity contribution in [2.24, 2.45) is 0 Å². The van der Waals surface area contributed by atoms with E-state index in [0.717, 1.165) is 0 Å². The summed E-state index contributed by atoms with van der Waals surface area (Å²) >= 11 is 0. The van der Waals surface area contributed by atoms with Crippen molar-refractivity contribution in [2.75, 3.05) is 5.32 Å². The van der Waals surface area contributed by atoms with Gasteiger partial charge in [0.1, 0.15) is 0 Å². The molecule has 0 spiro atoms. The molecule has 0 aliphatic heterocycles. The maximum Gasteiger partial charge on any atom is 0.261 e. The summed E-state index contributed by atoms with van der Waals surface area (Å²) in [5.74, 6) is -0.273. The first-order valence-electron chi connectivity index (χ1n) is 7.28. The first-order valence-corrected chi connectivity index (χ1v) is 7.28. The van der Waals surface area contributed by atoms with Crippen LogP contribution in [-0.4, -0.2) is 20.4 Å². The fourth-order valence-electron chi connectivity index (χ4n) is 2.28. The van der Waals surface area contributed by atoms with Crippen LogP contribution in [0.15, 0.2) is 53.8 Å². The molecule has 3 rings (SSSR count). The third kappa shape index (κ3) is 2.96. The van der Waals surface area contributed by atoms with Crippen LogP contribution in [0.25, 0.3) is 10.9 Å². The highest BCUT2D eigenvalue weighted by atomic mass is 16.1. The number of pyridine rings is 1. The number of nitrogens with zero attached hydrogens (tertiary/aromatic N) is 3. The summed E-state index contributed by atoms with van der Waals surface area (Å²) in [6.45, 7) is 3.84. The molecule has 116 valence electrons. The van der Waals surface area contributed by atoms with E-state index in [0.29, 0.717) is 22.2 Å². The minimum Gasteiger partial charge on any atom is -0.322 e. The molecule has 1 amide bonds. The molecule has 0 saturated carbocycles. The van der Waals surface area contributed by atoms with E-state index in [-0.39, 0.29) is 17.5 Å². The van der Waals surface area contributed by atoms with Crippen molar-refractivity contribution >= 4 is 22.5 Å². The quantitative estimate of drug-likeness (QED) is 0.807. The zero-order valence-electron chi connectivity index (χ0n) is 12.9. The van der Waals surface area contributed by atoms with Crippen LogP contribution in [0.1, 0.15) is 30.2 Å². The molecule has 0 bridgehead atoms. The van der Waals surface area contributed by atoms with Crippen LogP contribution in [-0.2, 0) is 0 Å². The van der Waals surface area contributed by atoms with Gasteiger partial charge in [0.2, 0.25) is 0 Å². The van der Waals surface area contributed by atoms with Crippen molar-refractivity contribution in [3.05, 3.63) is 65.0 Å². The van der Waals surface area contributed by atoms with E-state index < -0.39 is 0 Å². The Morgan fingerprint density at radius 3 is 2.78 bits per heavy atom. The molecule has 3 aromatic rings. The molecule has 2 heterocycles. The molecule has 0 radical (unpaired) electrons. The van der Waals surface area contributed by atoms with Crippen LogP contribution in [0.4, 0.5) is 5.69 Å². The minimum atomic E-state index is -0.273. The number of hydrogen-bond acceptors (Lipinski definition) is 4.